The summed E-state index contributed by atoms with van der Waals surface area (Å²) in [5.41, 5.74) is -1.48. The second-order valence-electron chi connectivity index (χ2n) is 7.20. The van der Waals surface area contributed by atoms with Gasteiger partial charge in [-0.05, 0) is 48.5 Å². The molecular formula is C23H14F4N4O4S2. The number of rotatable bonds is 6. The second-order valence-corrected chi connectivity index (χ2v) is 11.3. The molecule has 1 heterocycles. The van der Waals surface area contributed by atoms with E-state index in [-0.39, 0.29) is 22.0 Å². The maximum Gasteiger partial charge on any atom is 0.417 e. The summed E-state index contributed by atoms with van der Waals surface area (Å²) >= 11 is 0. The molecule has 0 aliphatic rings. The van der Waals surface area contributed by atoms with Crippen molar-refractivity contribution < 1.29 is 34.9 Å². The number of aromatic nitrogens is 1. The van der Waals surface area contributed by atoms with E-state index in [9.17, 15) is 35.5 Å². The predicted molar refractivity (Wildman–Crippen MR) is 123 cm³/mol. The van der Waals surface area contributed by atoms with Gasteiger partial charge in [-0.15, -0.1) is 0 Å². The monoisotopic (exact) mass is 550 g/mol. The maximum atomic E-state index is 13.7. The number of nitrogens with zero attached hydrogens (tertiary/aromatic N) is 4. The van der Waals surface area contributed by atoms with Crippen LogP contribution in [0.5, 0.6) is 11.5 Å². The molecule has 1 aromatic heterocycles. The van der Waals surface area contributed by atoms with E-state index in [1.165, 1.54) is 42.5 Å². The van der Waals surface area contributed by atoms with Gasteiger partial charge in [-0.25, -0.2) is 26.4 Å². The number of nitriles is 2. The van der Waals surface area contributed by atoms with Gasteiger partial charge in [0.05, 0.1) is 21.5 Å². The molecule has 0 N–H and O–H groups in total. The number of ether oxygens (including phenoxy) is 1. The Labute approximate surface area is 209 Å². The summed E-state index contributed by atoms with van der Waals surface area (Å²) in [6.07, 6.45) is -2.71. The first-order valence-corrected chi connectivity index (χ1v) is 13.3. The van der Waals surface area contributed by atoms with E-state index >= 15 is 0 Å². The number of allylic oxidation sites excluding steroid dienone is 1. The lowest BCUT2D eigenvalue weighted by molar-refractivity contribution is -0.137. The molecule has 0 amide bonds. The Kier molecular flexibility index (Phi) is 7.66. The highest BCUT2D eigenvalue weighted by Crippen LogP contribution is 2.30. The Morgan fingerprint density at radius 3 is 2.27 bits per heavy atom. The van der Waals surface area contributed by atoms with E-state index in [1.807, 2.05) is 0 Å². The molecule has 14 heteroatoms. The lowest BCUT2D eigenvalue weighted by atomic mass is 10.2. The summed E-state index contributed by atoms with van der Waals surface area (Å²) in [5, 5.41) is 17.6. The van der Waals surface area contributed by atoms with Gasteiger partial charge in [-0.1, -0.05) is 6.07 Å². The van der Waals surface area contributed by atoms with Gasteiger partial charge >= 0.3 is 6.18 Å². The standard InChI is InChI=1S/C23H14F4N4O4S2/c1-36(32,17-8-6-16(7-9-17)35-21-4-2-3-20(24)19(21)12-29)31-14-18(11-28)37(33,34)22-10-5-15(13-30-22)23(25,26)27/h2-10,13-14H,1H3/b18-14+/t36-/m0/s1. The quantitative estimate of drug-likeness (QED) is 0.304. The molecule has 190 valence electrons. The van der Waals surface area contributed by atoms with E-state index in [0.29, 0.717) is 24.5 Å². The Balaban J connectivity index is 1.89. The van der Waals surface area contributed by atoms with Crippen molar-refractivity contribution >= 4 is 19.6 Å². The zero-order valence-corrected chi connectivity index (χ0v) is 20.2. The molecular weight excluding hydrogens is 536 g/mol. The van der Waals surface area contributed by atoms with Gasteiger partial charge in [-0.2, -0.15) is 23.7 Å². The molecule has 3 aromatic rings. The van der Waals surface area contributed by atoms with Crippen LogP contribution in [0.3, 0.4) is 0 Å². The normalized spacial score (nSPS) is 13.6. The molecule has 0 saturated heterocycles. The smallest absolute Gasteiger partial charge is 0.417 e. The second kappa shape index (κ2) is 10.4. The number of benzene rings is 2. The summed E-state index contributed by atoms with van der Waals surface area (Å²) in [6, 6.07) is 13.4. The van der Waals surface area contributed by atoms with Gasteiger partial charge < -0.3 is 4.74 Å². The zero-order chi connectivity index (χ0) is 27.4. The largest absolute Gasteiger partial charge is 0.456 e. The Bertz CT molecular complexity index is 1680. The average Bonchev–Trinajstić information content (AvgIpc) is 2.84. The lowest BCUT2D eigenvalue weighted by Crippen LogP contribution is -2.09. The zero-order valence-electron chi connectivity index (χ0n) is 18.6. The summed E-state index contributed by atoms with van der Waals surface area (Å²) in [7, 11) is -7.94. The van der Waals surface area contributed by atoms with Crippen molar-refractivity contribution in [2.24, 2.45) is 4.36 Å². The van der Waals surface area contributed by atoms with Gasteiger partial charge in [0.25, 0.3) is 0 Å². The molecule has 37 heavy (non-hydrogen) atoms. The number of alkyl halides is 3. The first-order chi connectivity index (χ1) is 17.3. The van der Waals surface area contributed by atoms with Gasteiger partial charge in [0.15, 0.2) is 9.93 Å². The summed E-state index contributed by atoms with van der Waals surface area (Å²) in [4.78, 5) is 2.41. The minimum atomic E-state index is -4.73. The van der Waals surface area contributed by atoms with Crippen LogP contribution >= 0.6 is 0 Å². The number of pyridine rings is 1. The first-order valence-electron chi connectivity index (χ1n) is 9.86. The van der Waals surface area contributed by atoms with Crippen LogP contribution in [0.2, 0.25) is 0 Å². The van der Waals surface area contributed by atoms with Crippen LogP contribution in [-0.4, -0.2) is 23.9 Å². The molecule has 0 fully saturated rings. The van der Waals surface area contributed by atoms with Crippen LogP contribution in [0.15, 0.2) is 86.2 Å². The number of hydrogen-bond acceptors (Lipinski definition) is 8. The molecule has 1 atom stereocenters. The average molecular weight is 551 g/mol. The van der Waals surface area contributed by atoms with Crippen LogP contribution in [0.4, 0.5) is 17.6 Å². The van der Waals surface area contributed by atoms with Crippen molar-refractivity contribution in [1.82, 2.24) is 4.98 Å². The van der Waals surface area contributed by atoms with E-state index in [1.54, 1.807) is 6.07 Å². The minimum Gasteiger partial charge on any atom is -0.456 e. The molecule has 8 nitrogen and oxygen atoms in total. The minimum absolute atomic E-state index is 0.0409. The van der Waals surface area contributed by atoms with Crippen molar-refractivity contribution in [1.29, 1.82) is 10.5 Å². The summed E-state index contributed by atoms with van der Waals surface area (Å²) in [5.74, 6) is -0.639. The van der Waals surface area contributed by atoms with Crippen LogP contribution in [0.25, 0.3) is 0 Å². The molecule has 0 saturated carbocycles. The van der Waals surface area contributed by atoms with E-state index < -0.39 is 47.1 Å². The first kappa shape index (κ1) is 27.3. The van der Waals surface area contributed by atoms with Crippen molar-refractivity contribution in [3.8, 4) is 23.6 Å². The van der Waals surface area contributed by atoms with Gasteiger partial charge in [-0.3, -0.25) is 0 Å². The molecule has 2 aromatic carbocycles. The number of hydrogen-bond donors (Lipinski definition) is 0. The van der Waals surface area contributed by atoms with Gasteiger partial charge in [0, 0.05) is 17.3 Å². The number of sulfone groups is 1. The highest BCUT2D eigenvalue weighted by molar-refractivity contribution is 7.95. The Hall–Kier alpha value is -4.27. The maximum absolute atomic E-state index is 13.7. The molecule has 0 spiro atoms. The fourth-order valence-electron chi connectivity index (χ4n) is 2.77. The fourth-order valence-corrected chi connectivity index (χ4v) is 4.88. The predicted octanol–water partition coefficient (Wildman–Crippen LogP) is 5.20. The lowest BCUT2D eigenvalue weighted by Gasteiger charge is -2.09. The topological polar surface area (TPSA) is 133 Å². The van der Waals surface area contributed by atoms with Crippen LogP contribution in [0, 0.1) is 28.5 Å². The molecule has 0 unspecified atom stereocenters. The molecule has 0 bridgehead atoms. The third-order valence-corrected chi connectivity index (χ3v) is 7.91. The van der Waals surface area contributed by atoms with Crippen molar-refractivity contribution in [2.45, 2.75) is 16.1 Å². The van der Waals surface area contributed by atoms with Crippen molar-refractivity contribution in [3.05, 3.63) is 88.8 Å². The number of halogens is 4. The highest BCUT2D eigenvalue weighted by Gasteiger charge is 2.32. The molecule has 0 aliphatic carbocycles. The van der Waals surface area contributed by atoms with E-state index in [4.69, 9.17) is 10.00 Å². The Morgan fingerprint density at radius 2 is 1.73 bits per heavy atom. The molecule has 3 rings (SSSR count). The van der Waals surface area contributed by atoms with Gasteiger partial charge in [0.2, 0.25) is 9.84 Å². The molecule has 0 aliphatic heterocycles. The van der Waals surface area contributed by atoms with E-state index in [2.05, 4.69) is 9.35 Å². The Morgan fingerprint density at radius 1 is 1.05 bits per heavy atom. The van der Waals surface area contributed by atoms with Crippen molar-refractivity contribution in [2.75, 3.05) is 6.26 Å². The van der Waals surface area contributed by atoms with Gasteiger partial charge in [0.1, 0.15) is 35.0 Å². The summed E-state index contributed by atoms with van der Waals surface area (Å²) in [6.45, 7) is 0. The van der Waals surface area contributed by atoms with Crippen LogP contribution < -0.4 is 4.74 Å². The molecule has 0 radical (unpaired) electrons. The third kappa shape index (κ3) is 6.11. The third-order valence-electron chi connectivity index (χ3n) is 4.69. The fraction of sp³-hybridized carbons (Fsp3) is 0.0870. The summed E-state index contributed by atoms with van der Waals surface area (Å²) < 4.78 is 99.3. The van der Waals surface area contributed by atoms with Crippen LogP contribution in [0.1, 0.15) is 11.1 Å². The SMILES string of the molecule is C[S@@](=O)(=N/C=C(\C#N)S(=O)(=O)c1ccc(C(F)(F)F)cn1)c1ccc(Oc2cccc(F)c2C#N)cc1. The van der Waals surface area contributed by atoms with Crippen molar-refractivity contribution in [3.63, 3.8) is 0 Å². The highest BCUT2D eigenvalue weighted by atomic mass is 32.2. The van der Waals surface area contributed by atoms with E-state index in [0.717, 1.165) is 12.3 Å². The van der Waals surface area contributed by atoms with Crippen LogP contribution in [-0.2, 0) is 25.7 Å².